The van der Waals surface area contributed by atoms with Crippen molar-refractivity contribution in [3.05, 3.63) is 28.5 Å². The van der Waals surface area contributed by atoms with Crippen LogP contribution < -0.4 is 4.72 Å². The predicted molar refractivity (Wildman–Crippen MR) is 84.5 cm³/mol. The quantitative estimate of drug-likeness (QED) is 0.811. The van der Waals surface area contributed by atoms with E-state index in [1.807, 2.05) is 29.7 Å². The second-order valence-electron chi connectivity index (χ2n) is 4.54. The Balaban J connectivity index is 2.38. The first-order chi connectivity index (χ1) is 9.28. The molecular formula is C12H15BrClN3O2S. The summed E-state index contributed by atoms with van der Waals surface area (Å²) >= 11 is 9.58. The first-order valence-corrected chi connectivity index (χ1v) is 9.14. The number of nitrogens with zero attached hydrogens (tertiary/aromatic N) is 2. The van der Waals surface area contributed by atoms with Crippen LogP contribution >= 0.6 is 27.5 Å². The highest BCUT2D eigenvalue weighted by molar-refractivity contribution is 9.10. The lowest BCUT2D eigenvalue weighted by Gasteiger charge is -2.10. The molecule has 0 bridgehead atoms. The molecule has 0 fully saturated rings. The number of rotatable bonds is 5. The van der Waals surface area contributed by atoms with Gasteiger partial charge < -0.3 is 4.57 Å². The number of aromatic nitrogens is 2. The normalized spacial score (nSPS) is 13.8. The van der Waals surface area contributed by atoms with E-state index in [-0.39, 0.29) is 5.38 Å². The second-order valence-corrected chi connectivity index (χ2v) is 7.94. The van der Waals surface area contributed by atoms with Crippen LogP contribution in [0.3, 0.4) is 0 Å². The van der Waals surface area contributed by atoms with E-state index >= 15 is 0 Å². The fraction of sp³-hybridized carbons (Fsp3) is 0.417. The summed E-state index contributed by atoms with van der Waals surface area (Å²) in [5, 5.41) is -0.251. The topological polar surface area (TPSA) is 64.0 Å². The van der Waals surface area contributed by atoms with Gasteiger partial charge >= 0.3 is 0 Å². The fourth-order valence-corrected chi connectivity index (χ4v) is 2.97. The number of fused-ring (bicyclic) bond motifs is 1. The van der Waals surface area contributed by atoms with Gasteiger partial charge in [-0.15, -0.1) is 11.6 Å². The average molecular weight is 381 g/mol. The molecule has 5 nitrogen and oxygen atoms in total. The standard InChI is InChI=1S/C12H15BrClN3O2S/c1-8(14)12-16-10-4-3-9(13)7-11(10)17(12)6-5-15-20(2,18)19/h3-4,7-8,15H,5-6H2,1-2H3. The van der Waals surface area contributed by atoms with Gasteiger partial charge in [0.1, 0.15) is 5.82 Å². The predicted octanol–water partition coefficient (Wildman–Crippen LogP) is 2.65. The van der Waals surface area contributed by atoms with E-state index in [0.29, 0.717) is 13.1 Å². The van der Waals surface area contributed by atoms with E-state index < -0.39 is 10.0 Å². The summed E-state index contributed by atoms with van der Waals surface area (Å²) < 4.78 is 27.6. The van der Waals surface area contributed by atoms with E-state index in [2.05, 4.69) is 25.6 Å². The molecule has 1 N–H and O–H groups in total. The molecule has 110 valence electrons. The Hall–Kier alpha value is -0.630. The van der Waals surface area contributed by atoms with Gasteiger partial charge in [0.05, 0.1) is 22.7 Å². The summed E-state index contributed by atoms with van der Waals surface area (Å²) in [5.41, 5.74) is 1.77. The molecule has 0 amide bonds. The fourth-order valence-electron chi connectivity index (χ4n) is 2.00. The highest BCUT2D eigenvalue weighted by Gasteiger charge is 2.15. The van der Waals surface area contributed by atoms with E-state index in [1.54, 1.807) is 0 Å². The third-order valence-electron chi connectivity index (χ3n) is 2.80. The van der Waals surface area contributed by atoms with Crippen molar-refractivity contribution in [2.24, 2.45) is 0 Å². The van der Waals surface area contributed by atoms with Gasteiger partial charge in [-0.3, -0.25) is 0 Å². The Labute approximate surface area is 131 Å². The minimum Gasteiger partial charge on any atom is -0.325 e. The van der Waals surface area contributed by atoms with Crippen LogP contribution in [0.2, 0.25) is 0 Å². The Morgan fingerprint density at radius 3 is 2.80 bits per heavy atom. The number of imidazole rings is 1. The zero-order valence-corrected chi connectivity index (χ0v) is 14.3. The van der Waals surface area contributed by atoms with Gasteiger partial charge in [-0.25, -0.2) is 18.1 Å². The summed E-state index contributed by atoms with van der Waals surface area (Å²) in [6.07, 6.45) is 1.14. The summed E-state index contributed by atoms with van der Waals surface area (Å²) in [7, 11) is -3.20. The minimum atomic E-state index is -3.20. The molecule has 1 aromatic heterocycles. The molecule has 1 atom stereocenters. The first kappa shape index (κ1) is 15.8. The van der Waals surface area contributed by atoms with E-state index in [9.17, 15) is 8.42 Å². The lowest BCUT2D eigenvalue weighted by Crippen LogP contribution is -2.26. The molecule has 0 aliphatic carbocycles. The molecule has 0 radical (unpaired) electrons. The average Bonchev–Trinajstić information content (AvgIpc) is 2.66. The van der Waals surface area contributed by atoms with Gasteiger partial charge in [0.25, 0.3) is 0 Å². The van der Waals surface area contributed by atoms with Crippen LogP contribution in [-0.4, -0.2) is 30.8 Å². The van der Waals surface area contributed by atoms with Crippen LogP contribution in [0.1, 0.15) is 18.1 Å². The highest BCUT2D eigenvalue weighted by atomic mass is 79.9. The zero-order chi connectivity index (χ0) is 14.9. The lowest BCUT2D eigenvalue weighted by atomic mass is 10.3. The molecule has 1 aromatic carbocycles. The van der Waals surface area contributed by atoms with E-state index in [4.69, 9.17) is 11.6 Å². The number of alkyl halides is 1. The van der Waals surface area contributed by atoms with E-state index in [0.717, 1.165) is 27.6 Å². The van der Waals surface area contributed by atoms with Gasteiger partial charge in [0, 0.05) is 17.6 Å². The third-order valence-corrected chi connectivity index (χ3v) is 4.21. The van der Waals surface area contributed by atoms with Crippen molar-refractivity contribution in [3.63, 3.8) is 0 Å². The number of hydrogen-bond acceptors (Lipinski definition) is 3. The van der Waals surface area contributed by atoms with Crippen LogP contribution in [-0.2, 0) is 16.6 Å². The number of nitrogens with one attached hydrogen (secondary N) is 1. The molecular weight excluding hydrogens is 366 g/mol. The van der Waals surface area contributed by atoms with Crippen LogP contribution in [0.25, 0.3) is 11.0 Å². The monoisotopic (exact) mass is 379 g/mol. The molecule has 0 saturated heterocycles. The third kappa shape index (κ3) is 3.72. The van der Waals surface area contributed by atoms with Crippen molar-refractivity contribution in [1.82, 2.24) is 14.3 Å². The first-order valence-electron chi connectivity index (χ1n) is 6.02. The molecule has 2 rings (SSSR count). The summed E-state index contributed by atoms with van der Waals surface area (Å²) in [6.45, 7) is 2.62. The Morgan fingerprint density at radius 1 is 1.50 bits per heavy atom. The van der Waals surface area contributed by atoms with Crippen molar-refractivity contribution in [1.29, 1.82) is 0 Å². The molecule has 20 heavy (non-hydrogen) atoms. The van der Waals surface area contributed by atoms with Crippen LogP contribution in [0.5, 0.6) is 0 Å². The maximum absolute atomic E-state index is 11.1. The molecule has 0 saturated carbocycles. The van der Waals surface area contributed by atoms with Gasteiger partial charge in [-0.05, 0) is 25.1 Å². The number of halogens is 2. The van der Waals surface area contributed by atoms with Gasteiger partial charge in [0.2, 0.25) is 10.0 Å². The largest absolute Gasteiger partial charge is 0.325 e. The minimum absolute atomic E-state index is 0.251. The van der Waals surface area contributed by atoms with Gasteiger partial charge in [-0.1, -0.05) is 15.9 Å². The smallest absolute Gasteiger partial charge is 0.208 e. The second kappa shape index (κ2) is 6.01. The van der Waals surface area contributed by atoms with Crippen molar-refractivity contribution in [3.8, 4) is 0 Å². The number of hydrogen-bond donors (Lipinski definition) is 1. The Morgan fingerprint density at radius 2 is 2.20 bits per heavy atom. The zero-order valence-electron chi connectivity index (χ0n) is 11.1. The van der Waals surface area contributed by atoms with Gasteiger partial charge in [0.15, 0.2) is 0 Å². The number of sulfonamides is 1. The molecule has 0 spiro atoms. The molecule has 0 aliphatic rings. The Kier molecular flexibility index (Phi) is 4.73. The molecule has 0 aliphatic heterocycles. The van der Waals surface area contributed by atoms with Crippen LogP contribution in [0, 0.1) is 0 Å². The molecule has 2 aromatic rings. The summed E-state index contributed by atoms with van der Waals surface area (Å²) in [6, 6.07) is 5.77. The SMILES string of the molecule is CC(Cl)c1nc2ccc(Br)cc2n1CCNS(C)(=O)=O. The summed E-state index contributed by atoms with van der Waals surface area (Å²) in [5.74, 6) is 0.732. The van der Waals surface area contributed by atoms with Gasteiger partial charge in [-0.2, -0.15) is 0 Å². The van der Waals surface area contributed by atoms with Crippen molar-refractivity contribution >= 4 is 48.6 Å². The van der Waals surface area contributed by atoms with E-state index in [1.165, 1.54) is 0 Å². The maximum atomic E-state index is 11.1. The van der Waals surface area contributed by atoms with Crippen LogP contribution in [0.15, 0.2) is 22.7 Å². The Bertz CT molecular complexity index is 728. The summed E-state index contributed by atoms with van der Waals surface area (Å²) in [4.78, 5) is 4.50. The molecule has 1 heterocycles. The van der Waals surface area contributed by atoms with Crippen molar-refractivity contribution in [2.75, 3.05) is 12.8 Å². The maximum Gasteiger partial charge on any atom is 0.208 e. The van der Waals surface area contributed by atoms with Crippen molar-refractivity contribution in [2.45, 2.75) is 18.8 Å². The van der Waals surface area contributed by atoms with Crippen LogP contribution in [0.4, 0.5) is 0 Å². The molecule has 8 heteroatoms. The van der Waals surface area contributed by atoms with Crippen molar-refractivity contribution < 1.29 is 8.42 Å². The number of benzene rings is 1. The lowest BCUT2D eigenvalue weighted by molar-refractivity contribution is 0.577. The molecule has 1 unspecified atom stereocenters. The highest BCUT2D eigenvalue weighted by Crippen LogP contribution is 2.26.